The first-order valence-corrected chi connectivity index (χ1v) is 31.6. The van der Waals surface area contributed by atoms with E-state index in [2.05, 4.69) is 106 Å². The number of esters is 3. The molecule has 0 aromatic rings. The van der Waals surface area contributed by atoms with E-state index in [4.69, 9.17) is 14.2 Å². The van der Waals surface area contributed by atoms with E-state index in [1.54, 1.807) is 0 Å². The molecule has 0 saturated carbocycles. The highest BCUT2D eigenvalue weighted by molar-refractivity contribution is 5.71. The van der Waals surface area contributed by atoms with E-state index >= 15 is 0 Å². The average Bonchev–Trinajstić information content (AvgIpc) is 3.40. The number of carbonyl (C=O) groups is 3. The van der Waals surface area contributed by atoms with Crippen molar-refractivity contribution in [3.8, 4) is 0 Å². The van der Waals surface area contributed by atoms with Crippen LogP contribution in [0.4, 0.5) is 0 Å². The fourth-order valence-corrected chi connectivity index (χ4v) is 8.95. The molecule has 0 aromatic carbocycles. The van der Waals surface area contributed by atoms with Gasteiger partial charge >= 0.3 is 17.9 Å². The zero-order chi connectivity index (χ0) is 53.6. The third-order valence-electron chi connectivity index (χ3n) is 13.7. The van der Waals surface area contributed by atoms with Gasteiger partial charge in [-0.15, -0.1) is 0 Å². The topological polar surface area (TPSA) is 78.9 Å². The summed E-state index contributed by atoms with van der Waals surface area (Å²) in [4.78, 5) is 38.1. The molecule has 0 spiro atoms. The van der Waals surface area contributed by atoms with E-state index in [1.165, 1.54) is 148 Å². The fourth-order valence-electron chi connectivity index (χ4n) is 8.95. The van der Waals surface area contributed by atoms with Crippen LogP contribution in [0.1, 0.15) is 310 Å². The van der Waals surface area contributed by atoms with Crippen LogP contribution in [0.5, 0.6) is 0 Å². The number of carbonyl (C=O) groups excluding carboxylic acids is 3. The summed E-state index contributed by atoms with van der Waals surface area (Å²) in [6, 6.07) is 0. The molecule has 0 aliphatic heterocycles. The second kappa shape index (κ2) is 62.1. The lowest BCUT2D eigenvalue weighted by Crippen LogP contribution is -2.30. The Morgan fingerprint density at radius 2 is 0.527 bits per heavy atom. The number of hydrogen-bond acceptors (Lipinski definition) is 6. The van der Waals surface area contributed by atoms with E-state index in [1.807, 2.05) is 0 Å². The van der Waals surface area contributed by atoms with Gasteiger partial charge in [0.2, 0.25) is 0 Å². The summed E-state index contributed by atoms with van der Waals surface area (Å²) in [5.74, 6) is -0.894. The van der Waals surface area contributed by atoms with Crippen LogP contribution in [-0.2, 0) is 28.6 Å². The van der Waals surface area contributed by atoms with Crippen LogP contribution in [0.3, 0.4) is 0 Å². The van der Waals surface area contributed by atoms with Gasteiger partial charge in [0.25, 0.3) is 0 Å². The van der Waals surface area contributed by atoms with Crippen LogP contribution in [0, 0.1) is 0 Å². The first-order chi connectivity index (χ1) is 36.5. The minimum absolute atomic E-state index is 0.0798. The molecule has 0 N–H and O–H groups in total. The third-order valence-corrected chi connectivity index (χ3v) is 13.7. The molecule has 1 atom stereocenters. The molecular formula is C68H118O6. The summed E-state index contributed by atoms with van der Waals surface area (Å²) in [7, 11) is 0. The lowest BCUT2D eigenvalue weighted by Gasteiger charge is -2.18. The van der Waals surface area contributed by atoms with Gasteiger partial charge in [0.15, 0.2) is 6.10 Å². The number of ether oxygens (including phenoxy) is 3. The van der Waals surface area contributed by atoms with Crippen LogP contribution in [0.25, 0.3) is 0 Å². The van der Waals surface area contributed by atoms with Gasteiger partial charge in [-0.2, -0.15) is 0 Å². The molecule has 1 unspecified atom stereocenters. The Labute approximate surface area is 458 Å². The molecule has 0 fully saturated rings. The van der Waals surface area contributed by atoms with Crippen molar-refractivity contribution in [3.05, 3.63) is 85.1 Å². The highest BCUT2D eigenvalue weighted by atomic mass is 16.6. The summed E-state index contributed by atoms with van der Waals surface area (Å²) >= 11 is 0. The quantitative estimate of drug-likeness (QED) is 0.0261. The van der Waals surface area contributed by atoms with Crippen molar-refractivity contribution in [1.82, 2.24) is 0 Å². The lowest BCUT2D eigenvalue weighted by atomic mass is 10.0. The molecule has 426 valence electrons. The Morgan fingerprint density at radius 3 is 0.824 bits per heavy atom. The van der Waals surface area contributed by atoms with Crippen molar-refractivity contribution in [2.75, 3.05) is 13.2 Å². The fraction of sp³-hybridized carbons (Fsp3) is 0.750. The summed E-state index contributed by atoms with van der Waals surface area (Å²) in [5.41, 5.74) is 0. The van der Waals surface area contributed by atoms with Gasteiger partial charge in [0.1, 0.15) is 13.2 Å². The number of unbranched alkanes of at least 4 members (excludes halogenated alkanes) is 32. The molecule has 0 radical (unpaired) electrons. The molecule has 0 amide bonds. The molecule has 0 bridgehead atoms. The number of allylic oxidation sites excluding steroid dienone is 14. The maximum absolute atomic E-state index is 12.9. The van der Waals surface area contributed by atoms with E-state index in [-0.39, 0.29) is 31.1 Å². The maximum atomic E-state index is 12.9. The van der Waals surface area contributed by atoms with Gasteiger partial charge in [-0.25, -0.2) is 0 Å². The van der Waals surface area contributed by atoms with Gasteiger partial charge in [-0.3, -0.25) is 14.4 Å². The van der Waals surface area contributed by atoms with Gasteiger partial charge in [0, 0.05) is 19.3 Å². The van der Waals surface area contributed by atoms with Gasteiger partial charge in [-0.05, 0) is 77.0 Å². The molecule has 0 aromatic heterocycles. The molecule has 74 heavy (non-hydrogen) atoms. The van der Waals surface area contributed by atoms with Gasteiger partial charge < -0.3 is 14.2 Å². The van der Waals surface area contributed by atoms with Crippen LogP contribution in [-0.4, -0.2) is 37.2 Å². The normalized spacial score (nSPS) is 12.6. The predicted molar refractivity (Wildman–Crippen MR) is 321 cm³/mol. The molecule has 0 aliphatic rings. The standard InChI is InChI=1S/C68H118O6/c1-4-7-10-13-16-18-20-22-24-26-28-30-32-33-34-35-36-38-39-41-43-45-47-49-52-55-58-61-67(70)73-64-65(63-72-66(69)60-57-54-51-15-12-9-6-3)74-68(71)62-59-56-53-50-48-46-44-42-40-37-31-29-27-25-23-21-19-17-14-11-8-5-2/h7,10,16,18,22,24,28,30,33-34,36,38,41,43,65H,4-6,8-9,11-15,17,19-21,23,25-27,29,31-32,35,37,39-40,42,44-64H2,1-3H3/b10-7-,18-16-,24-22-,30-28-,34-33-,38-36-,43-41-. The first-order valence-electron chi connectivity index (χ1n) is 31.6. The lowest BCUT2D eigenvalue weighted by molar-refractivity contribution is -0.167. The van der Waals surface area contributed by atoms with E-state index in [0.29, 0.717) is 19.3 Å². The second-order valence-electron chi connectivity index (χ2n) is 21.0. The van der Waals surface area contributed by atoms with Crippen molar-refractivity contribution in [2.45, 2.75) is 316 Å². The Hall–Kier alpha value is -3.41. The minimum atomic E-state index is -0.781. The van der Waals surface area contributed by atoms with E-state index in [0.717, 1.165) is 122 Å². The van der Waals surface area contributed by atoms with Gasteiger partial charge in [0.05, 0.1) is 0 Å². The van der Waals surface area contributed by atoms with Gasteiger partial charge in [-0.1, -0.05) is 298 Å². The van der Waals surface area contributed by atoms with Crippen LogP contribution < -0.4 is 0 Å². The summed E-state index contributed by atoms with van der Waals surface area (Å²) < 4.78 is 16.8. The smallest absolute Gasteiger partial charge is 0.306 e. The zero-order valence-corrected chi connectivity index (χ0v) is 48.8. The number of hydrogen-bond donors (Lipinski definition) is 0. The highest BCUT2D eigenvalue weighted by Gasteiger charge is 2.19. The molecular weight excluding hydrogens is 913 g/mol. The largest absolute Gasteiger partial charge is 0.462 e. The Morgan fingerprint density at radius 1 is 0.284 bits per heavy atom. The van der Waals surface area contributed by atoms with Crippen molar-refractivity contribution in [2.24, 2.45) is 0 Å². The minimum Gasteiger partial charge on any atom is -0.462 e. The Bertz CT molecular complexity index is 1420. The summed E-state index contributed by atoms with van der Waals surface area (Å²) in [6.07, 6.45) is 81.8. The SMILES string of the molecule is CC/C=C\C/C=C\C/C=C\C/C=C\C/C=C\C/C=C\C/C=C\CCCCCCCC(=O)OCC(COC(=O)CCCCCCCCC)OC(=O)CCCCCCCCCCCCCCCCCCCCCCCC. The van der Waals surface area contributed by atoms with Crippen molar-refractivity contribution >= 4 is 17.9 Å². The molecule has 0 saturated heterocycles. The highest BCUT2D eigenvalue weighted by Crippen LogP contribution is 2.17. The molecule has 0 aliphatic carbocycles. The predicted octanol–water partition coefficient (Wildman–Crippen LogP) is 21.5. The monoisotopic (exact) mass is 1030 g/mol. The molecule has 6 nitrogen and oxygen atoms in total. The molecule has 0 heterocycles. The molecule has 6 heteroatoms. The zero-order valence-electron chi connectivity index (χ0n) is 48.8. The van der Waals surface area contributed by atoms with Crippen LogP contribution in [0.15, 0.2) is 85.1 Å². The number of rotatable bonds is 57. The average molecular weight is 1030 g/mol. The van der Waals surface area contributed by atoms with Crippen LogP contribution >= 0.6 is 0 Å². The van der Waals surface area contributed by atoms with E-state index in [9.17, 15) is 14.4 Å². The van der Waals surface area contributed by atoms with Crippen molar-refractivity contribution < 1.29 is 28.6 Å². The maximum Gasteiger partial charge on any atom is 0.306 e. The second-order valence-corrected chi connectivity index (χ2v) is 21.0. The van der Waals surface area contributed by atoms with Crippen LogP contribution in [0.2, 0.25) is 0 Å². The first kappa shape index (κ1) is 70.6. The van der Waals surface area contributed by atoms with E-state index < -0.39 is 6.10 Å². The van der Waals surface area contributed by atoms with Crippen molar-refractivity contribution in [3.63, 3.8) is 0 Å². The Balaban J connectivity index is 4.19. The third kappa shape index (κ3) is 59.5. The molecule has 0 rings (SSSR count). The Kier molecular flexibility index (Phi) is 59.3. The summed E-state index contributed by atoms with van der Waals surface area (Å²) in [6.45, 7) is 6.50. The van der Waals surface area contributed by atoms with Crippen molar-refractivity contribution in [1.29, 1.82) is 0 Å². The summed E-state index contributed by atoms with van der Waals surface area (Å²) in [5, 5.41) is 0.